The van der Waals surface area contributed by atoms with E-state index in [1.807, 2.05) is 19.9 Å². The Labute approximate surface area is 129 Å². The van der Waals surface area contributed by atoms with Crippen molar-refractivity contribution in [1.82, 2.24) is 10.2 Å². The summed E-state index contributed by atoms with van der Waals surface area (Å²) in [5.41, 5.74) is 8.36. The topological polar surface area (TPSA) is 63.8 Å². The molecule has 0 saturated carbocycles. The van der Waals surface area contributed by atoms with Gasteiger partial charge in [0, 0.05) is 4.88 Å². The zero-order chi connectivity index (χ0) is 14.0. The van der Waals surface area contributed by atoms with Crippen LogP contribution in [0.15, 0.2) is 15.9 Å². The molecule has 0 aliphatic carbocycles. The van der Waals surface area contributed by atoms with Crippen molar-refractivity contribution in [2.24, 2.45) is 5.73 Å². The van der Waals surface area contributed by atoms with Gasteiger partial charge in [0.25, 0.3) is 0 Å². The Morgan fingerprint density at radius 3 is 2.74 bits per heavy atom. The van der Waals surface area contributed by atoms with Crippen molar-refractivity contribution in [1.29, 1.82) is 0 Å². The van der Waals surface area contributed by atoms with Crippen LogP contribution in [0.5, 0.6) is 0 Å². The summed E-state index contributed by atoms with van der Waals surface area (Å²) in [7, 11) is 0. The van der Waals surface area contributed by atoms with Gasteiger partial charge in [0.2, 0.25) is 0 Å². The molecule has 0 spiro atoms. The fraction of sp³-hybridized carbons (Fsp3) is 0.250. The lowest BCUT2D eigenvalue weighted by molar-refractivity contribution is 0.946. The third-order valence-corrected chi connectivity index (χ3v) is 4.59. The summed E-state index contributed by atoms with van der Waals surface area (Å²) in [6.07, 6.45) is 0. The van der Waals surface area contributed by atoms with Gasteiger partial charge in [-0.25, -0.2) is 0 Å². The summed E-state index contributed by atoms with van der Waals surface area (Å²) < 4.78 is 1.10. The molecule has 2 heterocycles. The molecule has 0 amide bonds. The average Bonchev–Trinajstić information content (AvgIpc) is 2.76. The Morgan fingerprint density at radius 2 is 2.16 bits per heavy atom. The van der Waals surface area contributed by atoms with Crippen LogP contribution in [0.4, 0.5) is 5.82 Å². The number of anilines is 1. The Hall–Kier alpha value is -1.05. The van der Waals surface area contributed by atoms with E-state index >= 15 is 0 Å². The molecule has 2 rings (SSSR count). The van der Waals surface area contributed by atoms with Crippen LogP contribution in [0.1, 0.15) is 21.7 Å². The fourth-order valence-corrected chi connectivity index (χ4v) is 3.32. The Bertz CT molecular complexity index is 624. The van der Waals surface area contributed by atoms with Crippen molar-refractivity contribution in [2.45, 2.75) is 20.4 Å². The van der Waals surface area contributed by atoms with Crippen LogP contribution in [0, 0.1) is 13.8 Å². The number of hydrogen-bond acceptors (Lipinski definition) is 5. The molecule has 100 valence electrons. The molecule has 19 heavy (non-hydrogen) atoms. The first-order chi connectivity index (χ1) is 8.99. The second-order valence-corrected chi connectivity index (χ2v) is 7.05. The molecule has 0 unspecified atom stereocenters. The quantitative estimate of drug-likeness (QED) is 0.823. The van der Waals surface area contributed by atoms with Gasteiger partial charge in [-0.1, -0.05) is 12.2 Å². The zero-order valence-corrected chi connectivity index (χ0v) is 13.7. The molecule has 4 nitrogen and oxygen atoms in total. The summed E-state index contributed by atoms with van der Waals surface area (Å²) in [4.78, 5) is 1.53. The highest BCUT2D eigenvalue weighted by atomic mass is 79.9. The molecule has 0 atom stereocenters. The lowest BCUT2D eigenvalue weighted by atomic mass is 10.1. The number of nitrogens with one attached hydrogen (secondary N) is 1. The molecule has 0 aromatic carbocycles. The van der Waals surface area contributed by atoms with Crippen LogP contribution >= 0.6 is 39.5 Å². The summed E-state index contributed by atoms with van der Waals surface area (Å²) in [6.45, 7) is 4.51. The Balaban J connectivity index is 2.25. The second-order valence-electron chi connectivity index (χ2n) is 4.06. The van der Waals surface area contributed by atoms with Gasteiger partial charge < -0.3 is 11.1 Å². The highest BCUT2D eigenvalue weighted by Gasteiger charge is 2.13. The van der Waals surface area contributed by atoms with Gasteiger partial charge in [0.05, 0.1) is 21.6 Å². The zero-order valence-electron chi connectivity index (χ0n) is 10.5. The van der Waals surface area contributed by atoms with Crippen LogP contribution in [0.25, 0.3) is 0 Å². The third kappa shape index (κ3) is 3.29. The van der Waals surface area contributed by atoms with Gasteiger partial charge in [-0.05, 0) is 47.5 Å². The van der Waals surface area contributed by atoms with Crippen LogP contribution in [0.3, 0.4) is 0 Å². The molecule has 0 aliphatic rings. The van der Waals surface area contributed by atoms with Gasteiger partial charge in [-0.2, -0.15) is 5.10 Å². The summed E-state index contributed by atoms with van der Waals surface area (Å²) in [5.74, 6) is 0.639. The maximum absolute atomic E-state index is 5.78. The van der Waals surface area contributed by atoms with Crippen LogP contribution in [-0.2, 0) is 6.54 Å². The highest BCUT2D eigenvalue weighted by Crippen LogP contribution is 2.24. The molecule has 2 aromatic rings. The standard InChI is InChI=1S/C12H13BrN4S2/c1-6-7(2)16-17-12(10(6)11(14)18)15-5-8-3-4-9(13)19-8/h3-4H,5H2,1-2H3,(H2,14,18)(H,15,17). The largest absolute Gasteiger partial charge is 0.389 e. The van der Waals surface area contributed by atoms with Gasteiger partial charge in [-0.15, -0.1) is 16.4 Å². The SMILES string of the molecule is Cc1nnc(NCc2ccc(Br)s2)c(C(N)=S)c1C. The fourth-order valence-electron chi connectivity index (χ4n) is 1.65. The van der Waals surface area contributed by atoms with Gasteiger partial charge in [-0.3, -0.25) is 0 Å². The van der Waals surface area contributed by atoms with Crippen molar-refractivity contribution in [3.05, 3.63) is 37.6 Å². The second kappa shape index (κ2) is 5.94. The lowest BCUT2D eigenvalue weighted by Crippen LogP contribution is -2.17. The van der Waals surface area contributed by atoms with E-state index in [1.165, 1.54) is 4.88 Å². The predicted molar refractivity (Wildman–Crippen MR) is 86.7 cm³/mol. The number of nitrogens with zero attached hydrogens (tertiary/aromatic N) is 2. The van der Waals surface area contributed by atoms with Gasteiger partial charge >= 0.3 is 0 Å². The van der Waals surface area contributed by atoms with Crippen molar-refractivity contribution in [3.8, 4) is 0 Å². The highest BCUT2D eigenvalue weighted by molar-refractivity contribution is 9.11. The van der Waals surface area contributed by atoms with Gasteiger partial charge in [0.1, 0.15) is 4.99 Å². The minimum absolute atomic E-state index is 0.338. The molecule has 0 saturated heterocycles. The number of thiocarbonyl (C=S) groups is 1. The average molecular weight is 357 g/mol. The van der Waals surface area contributed by atoms with Crippen LogP contribution in [0.2, 0.25) is 0 Å². The first-order valence-electron chi connectivity index (χ1n) is 5.61. The maximum Gasteiger partial charge on any atom is 0.159 e. The lowest BCUT2D eigenvalue weighted by Gasteiger charge is -2.12. The third-order valence-electron chi connectivity index (χ3n) is 2.76. The summed E-state index contributed by atoms with van der Waals surface area (Å²) in [5, 5.41) is 11.5. The number of hydrogen-bond donors (Lipinski definition) is 2. The Morgan fingerprint density at radius 1 is 1.42 bits per heavy atom. The van der Waals surface area contributed by atoms with E-state index in [4.69, 9.17) is 18.0 Å². The number of aryl methyl sites for hydroxylation is 1. The smallest absolute Gasteiger partial charge is 0.159 e. The molecule has 7 heteroatoms. The van der Waals surface area contributed by atoms with E-state index in [1.54, 1.807) is 11.3 Å². The number of halogens is 1. The van der Waals surface area contributed by atoms with E-state index in [2.05, 4.69) is 37.5 Å². The Kier molecular flexibility index (Phi) is 4.49. The van der Waals surface area contributed by atoms with E-state index in [-0.39, 0.29) is 0 Å². The number of rotatable bonds is 4. The van der Waals surface area contributed by atoms with Crippen LogP contribution in [-0.4, -0.2) is 15.2 Å². The molecular formula is C12H13BrN4S2. The van der Waals surface area contributed by atoms with E-state index in [0.717, 1.165) is 20.6 Å². The molecule has 0 bridgehead atoms. The normalized spacial score (nSPS) is 10.5. The maximum atomic E-state index is 5.78. The molecule has 2 aromatic heterocycles. The molecule has 0 fully saturated rings. The van der Waals surface area contributed by atoms with E-state index in [9.17, 15) is 0 Å². The van der Waals surface area contributed by atoms with Crippen LogP contribution < -0.4 is 11.1 Å². The molecule has 0 aliphatic heterocycles. The van der Waals surface area contributed by atoms with Crippen molar-refractivity contribution >= 4 is 50.3 Å². The first kappa shape index (κ1) is 14.4. The molecular weight excluding hydrogens is 344 g/mol. The monoisotopic (exact) mass is 356 g/mol. The minimum atomic E-state index is 0.338. The molecule has 0 radical (unpaired) electrons. The van der Waals surface area contributed by atoms with Crippen molar-refractivity contribution in [3.63, 3.8) is 0 Å². The predicted octanol–water partition coefficient (Wildman–Crippen LogP) is 3.16. The first-order valence-corrected chi connectivity index (χ1v) is 7.62. The number of nitrogens with two attached hydrogens (primary N) is 1. The number of thiophene rings is 1. The van der Waals surface area contributed by atoms with Gasteiger partial charge in [0.15, 0.2) is 5.82 Å². The minimum Gasteiger partial charge on any atom is -0.389 e. The van der Waals surface area contributed by atoms with Crippen molar-refractivity contribution in [2.75, 3.05) is 5.32 Å². The van der Waals surface area contributed by atoms with E-state index in [0.29, 0.717) is 17.4 Å². The summed E-state index contributed by atoms with van der Waals surface area (Å²) >= 11 is 10.2. The van der Waals surface area contributed by atoms with Crippen molar-refractivity contribution < 1.29 is 0 Å². The summed E-state index contributed by atoms with van der Waals surface area (Å²) in [6, 6.07) is 4.07. The molecule has 3 N–H and O–H groups in total. The number of aromatic nitrogens is 2. The van der Waals surface area contributed by atoms with E-state index < -0.39 is 0 Å².